The first-order chi connectivity index (χ1) is 8.62. The number of rotatable bonds is 7. The summed E-state index contributed by atoms with van der Waals surface area (Å²) in [6.45, 7) is 3.72. The number of nitrogens with zero attached hydrogens (tertiary/aromatic N) is 3. The maximum Gasteiger partial charge on any atom is 0.276 e. The van der Waals surface area contributed by atoms with Gasteiger partial charge in [0.05, 0.1) is 23.7 Å². The van der Waals surface area contributed by atoms with Crippen LogP contribution in [0, 0.1) is 10.1 Å². The highest BCUT2D eigenvalue weighted by molar-refractivity contribution is 5.55. The maximum atomic E-state index is 10.8. The fraction of sp³-hybridized carbons (Fsp3) is 0.500. The van der Waals surface area contributed by atoms with E-state index in [1.807, 2.05) is 11.8 Å². The van der Waals surface area contributed by atoms with Crippen LogP contribution in [0.4, 0.5) is 17.3 Å². The molecule has 0 aliphatic heterocycles. The monoisotopic (exact) mass is 255 g/mol. The first kappa shape index (κ1) is 14.1. The molecule has 1 aromatic heterocycles. The number of anilines is 2. The van der Waals surface area contributed by atoms with Gasteiger partial charge in [0.25, 0.3) is 5.69 Å². The van der Waals surface area contributed by atoms with Crippen LogP contribution in [0.2, 0.25) is 0 Å². The van der Waals surface area contributed by atoms with Crippen LogP contribution in [0.1, 0.15) is 6.92 Å². The van der Waals surface area contributed by atoms with Gasteiger partial charge >= 0.3 is 0 Å². The molecular weight excluding hydrogens is 238 g/mol. The number of aromatic nitrogens is 1. The van der Waals surface area contributed by atoms with E-state index in [1.165, 1.54) is 12.1 Å². The topological polar surface area (TPSA) is 107 Å². The molecule has 1 heterocycles. The lowest BCUT2D eigenvalue weighted by Gasteiger charge is -2.21. The second kappa shape index (κ2) is 6.72. The predicted molar refractivity (Wildman–Crippen MR) is 68.5 cm³/mol. The van der Waals surface area contributed by atoms with Crippen molar-refractivity contribution in [1.29, 1.82) is 0 Å². The zero-order chi connectivity index (χ0) is 13.5. The summed E-state index contributed by atoms with van der Waals surface area (Å²) in [4.78, 5) is 16.4. The molecule has 0 fully saturated rings. The number of ether oxygens (including phenoxy) is 1. The van der Waals surface area contributed by atoms with Gasteiger partial charge in [-0.05, 0) is 6.92 Å². The largest absolute Gasteiger partial charge is 0.383 e. The van der Waals surface area contributed by atoms with Gasteiger partial charge in [-0.25, -0.2) is 10.8 Å². The van der Waals surface area contributed by atoms with E-state index in [0.717, 1.165) is 0 Å². The lowest BCUT2D eigenvalue weighted by molar-refractivity contribution is -0.384. The van der Waals surface area contributed by atoms with Gasteiger partial charge < -0.3 is 15.1 Å². The summed E-state index contributed by atoms with van der Waals surface area (Å²) in [5.74, 6) is 6.01. The van der Waals surface area contributed by atoms with Crippen molar-refractivity contribution in [1.82, 2.24) is 4.98 Å². The Labute approximate surface area is 105 Å². The summed E-state index contributed by atoms with van der Waals surface area (Å²) in [5, 5.41) is 10.8. The molecule has 8 nitrogen and oxygen atoms in total. The van der Waals surface area contributed by atoms with Crippen molar-refractivity contribution in [3.05, 3.63) is 22.2 Å². The van der Waals surface area contributed by atoms with Crippen molar-refractivity contribution in [3.63, 3.8) is 0 Å². The Bertz CT molecular complexity index is 412. The van der Waals surface area contributed by atoms with Crippen molar-refractivity contribution in [2.75, 3.05) is 37.1 Å². The van der Waals surface area contributed by atoms with Gasteiger partial charge in [-0.1, -0.05) is 0 Å². The quantitative estimate of drug-likeness (QED) is 0.420. The molecule has 0 saturated heterocycles. The Morgan fingerprint density at radius 3 is 2.83 bits per heavy atom. The second-order valence-electron chi connectivity index (χ2n) is 3.54. The lowest BCUT2D eigenvalue weighted by atomic mass is 10.3. The van der Waals surface area contributed by atoms with Gasteiger partial charge in [0.1, 0.15) is 11.6 Å². The molecule has 0 atom stereocenters. The summed E-state index contributed by atoms with van der Waals surface area (Å²) in [6, 6.07) is 2.70. The summed E-state index contributed by atoms with van der Waals surface area (Å²) in [7, 11) is 1.60. The number of nitrogens with one attached hydrogen (secondary N) is 1. The highest BCUT2D eigenvalue weighted by Crippen LogP contribution is 2.22. The van der Waals surface area contributed by atoms with Crippen LogP contribution in [-0.2, 0) is 4.74 Å². The number of nitrogen functional groups attached to an aromatic ring is 1. The molecule has 0 amide bonds. The predicted octanol–water partition coefficient (Wildman–Crippen LogP) is 0.748. The van der Waals surface area contributed by atoms with Crippen molar-refractivity contribution in [2.24, 2.45) is 5.84 Å². The number of likely N-dealkylation sites (N-methyl/N-ethyl adjacent to an activating group) is 1. The molecule has 1 rings (SSSR count). The molecular formula is C10H17N5O3. The van der Waals surface area contributed by atoms with E-state index in [9.17, 15) is 10.1 Å². The Morgan fingerprint density at radius 2 is 2.33 bits per heavy atom. The number of hydrazine groups is 1. The number of nitro groups is 1. The molecule has 0 spiro atoms. The smallest absolute Gasteiger partial charge is 0.276 e. The fourth-order valence-electron chi connectivity index (χ4n) is 1.48. The zero-order valence-corrected chi connectivity index (χ0v) is 10.4. The van der Waals surface area contributed by atoms with E-state index in [2.05, 4.69) is 10.4 Å². The molecule has 0 bridgehead atoms. The molecule has 3 N–H and O–H groups in total. The van der Waals surface area contributed by atoms with Gasteiger partial charge in [0, 0.05) is 20.2 Å². The average Bonchev–Trinajstić information content (AvgIpc) is 2.39. The van der Waals surface area contributed by atoms with Crippen LogP contribution in [0.15, 0.2) is 12.1 Å². The molecule has 0 radical (unpaired) electrons. The van der Waals surface area contributed by atoms with E-state index < -0.39 is 4.92 Å². The Morgan fingerprint density at radius 1 is 1.61 bits per heavy atom. The second-order valence-corrected chi connectivity index (χ2v) is 3.54. The minimum atomic E-state index is -0.476. The highest BCUT2D eigenvalue weighted by atomic mass is 16.6. The number of pyridine rings is 1. The third kappa shape index (κ3) is 3.54. The molecule has 18 heavy (non-hydrogen) atoms. The maximum absolute atomic E-state index is 10.8. The highest BCUT2D eigenvalue weighted by Gasteiger charge is 2.14. The van der Waals surface area contributed by atoms with E-state index in [-0.39, 0.29) is 11.5 Å². The first-order valence-electron chi connectivity index (χ1n) is 5.49. The number of hydrogen-bond donors (Lipinski definition) is 2. The summed E-state index contributed by atoms with van der Waals surface area (Å²) in [6.07, 6.45) is 0. The number of nitrogens with two attached hydrogens (primary N) is 1. The van der Waals surface area contributed by atoms with Crippen molar-refractivity contribution < 1.29 is 9.66 Å². The molecule has 0 saturated carbocycles. The van der Waals surface area contributed by atoms with Crippen molar-refractivity contribution in [3.8, 4) is 0 Å². The standard InChI is InChI=1S/C10H17N5O3/c1-3-14(4-5-18-2)10-7-8(15(16)17)6-9(12-10)13-11/h6-7H,3-5,11H2,1-2H3,(H,12,13). The van der Waals surface area contributed by atoms with Crippen molar-refractivity contribution in [2.45, 2.75) is 6.92 Å². The van der Waals surface area contributed by atoms with Gasteiger partial charge in [-0.15, -0.1) is 0 Å². The van der Waals surface area contributed by atoms with Crippen LogP contribution in [0.5, 0.6) is 0 Å². The van der Waals surface area contributed by atoms with Crippen LogP contribution in [-0.4, -0.2) is 36.7 Å². The van der Waals surface area contributed by atoms with Gasteiger partial charge in [0.15, 0.2) is 0 Å². The normalized spacial score (nSPS) is 10.2. The van der Waals surface area contributed by atoms with E-state index in [4.69, 9.17) is 10.6 Å². The third-order valence-corrected chi connectivity index (χ3v) is 2.43. The molecule has 100 valence electrons. The molecule has 0 unspecified atom stereocenters. The van der Waals surface area contributed by atoms with Crippen molar-refractivity contribution >= 4 is 17.3 Å². The molecule has 0 aliphatic carbocycles. The van der Waals surface area contributed by atoms with Gasteiger partial charge in [-0.2, -0.15) is 0 Å². The minimum absolute atomic E-state index is 0.0520. The third-order valence-electron chi connectivity index (χ3n) is 2.43. The summed E-state index contributed by atoms with van der Waals surface area (Å²) >= 11 is 0. The van der Waals surface area contributed by atoms with Crippen LogP contribution < -0.4 is 16.2 Å². The minimum Gasteiger partial charge on any atom is -0.383 e. The van der Waals surface area contributed by atoms with Crippen LogP contribution >= 0.6 is 0 Å². The molecule has 0 aromatic carbocycles. The Kier molecular flexibility index (Phi) is 5.28. The van der Waals surface area contributed by atoms with Gasteiger partial charge in [0.2, 0.25) is 0 Å². The van der Waals surface area contributed by atoms with E-state index in [0.29, 0.717) is 25.5 Å². The van der Waals surface area contributed by atoms with Gasteiger partial charge in [-0.3, -0.25) is 10.1 Å². The average molecular weight is 255 g/mol. The van der Waals surface area contributed by atoms with E-state index in [1.54, 1.807) is 7.11 Å². The first-order valence-corrected chi connectivity index (χ1v) is 5.49. The Balaban J connectivity index is 3.04. The number of methoxy groups -OCH3 is 1. The molecule has 0 aliphatic rings. The fourth-order valence-corrected chi connectivity index (χ4v) is 1.48. The zero-order valence-electron chi connectivity index (χ0n) is 10.4. The number of hydrogen-bond acceptors (Lipinski definition) is 7. The van der Waals surface area contributed by atoms with E-state index >= 15 is 0 Å². The van der Waals surface area contributed by atoms with Crippen LogP contribution in [0.3, 0.4) is 0 Å². The lowest BCUT2D eigenvalue weighted by Crippen LogP contribution is -2.28. The Hall–Kier alpha value is -1.93. The van der Waals surface area contributed by atoms with Crippen LogP contribution in [0.25, 0.3) is 0 Å². The summed E-state index contributed by atoms with van der Waals surface area (Å²) < 4.78 is 4.99. The molecule has 1 aromatic rings. The molecule has 8 heteroatoms. The summed E-state index contributed by atoms with van der Waals surface area (Å²) in [5.41, 5.74) is 2.27. The SMILES string of the molecule is CCN(CCOC)c1cc([N+](=O)[O-])cc(NN)n1.